The quantitative estimate of drug-likeness (QED) is 0.930. The minimum atomic E-state index is -0.127. The van der Waals surface area contributed by atoms with Crippen LogP contribution in [0.15, 0.2) is 34.9 Å². The summed E-state index contributed by atoms with van der Waals surface area (Å²) < 4.78 is 10.7. The van der Waals surface area contributed by atoms with E-state index in [-0.39, 0.29) is 18.6 Å². The average Bonchev–Trinajstić information content (AvgIpc) is 2.93. The Morgan fingerprint density at radius 3 is 3.04 bits per heavy atom. The largest absolute Gasteiger partial charge is 0.371 e. The predicted octanol–water partition coefficient (Wildman–Crippen LogP) is 2.65. The molecule has 1 aromatic carbocycles. The first-order valence-corrected chi connectivity index (χ1v) is 7.81. The van der Waals surface area contributed by atoms with E-state index in [9.17, 15) is 4.79 Å². The van der Waals surface area contributed by atoms with E-state index in [0.717, 1.165) is 5.56 Å². The molecular weight excluding hydrogens is 318 g/mol. The standard InChI is InChI=1S/C16H18ClN3O3/c1-11-8-15(19-23-11)18-16(21)10-20-6-7-22-14(9-20)12-4-2-3-5-13(12)17/h2-5,8,14H,6-7,9-10H2,1H3,(H,18,19,21). The Morgan fingerprint density at radius 1 is 1.48 bits per heavy atom. The Balaban J connectivity index is 1.58. The molecule has 7 heteroatoms. The SMILES string of the molecule is Cc1cc(NC(=O)CN2CCOC(c3ccccc3Cl)C2)no1. The summed E-state index contributed by atoms with van der Waals surface area (Å²) in [7, 11) is 0. The molecule has 1 atom stereocenters. The summed E-state index contributed by atoms with van der Waals surface area (Å²) in [5.41, 5.74) is 0.950. The number of carbonyl (C=O) groups is 1. The lowest BCUT2D eigenvalue weighted by Crippen LogP contribution is -2.42. The summed E-state index contributed by atoms with van der Waals surface area (Å²) in [4.78, 5) is 14.1. The minimum Gasteiger partial charge on any atom is -0.371 e. The number of amides is 1. The van der Waals surface area contributed by atoms with Gasteiger partial charge in [-0.1, -0.05) is 35.0 Å². The second-order valence-corrected chi connectivity index (χ2v) is 5.89. The topological polar surface area (TPSA) is 67.6 Å². The van der Waals surface area contributed by atoms with E-state index in [0.29, 0.717) is 36.3 Å². The maximum Gasteiger partial charge on any atom is 0.239 e. The number of hydrogen-bond donors (Lipinski definition) is 1. The van der Waals surface area contributed by atoms with Crippen molar-refractivity contribution in [1.29, 1.82) is 0 Å². The molecule has 0 spiro atoms. The zero-order valence-corrected chi connectivity index (χ0v) is 13.5. The van der Waals surface area contributed by atoms with E-state index in [1.54, 1.807) is 13.0 Å². The molecule has 2 aromatic rings. The molecule has 3 rings (SSSR count). The second-order valence-electron chi connectivity index (χ2n) is 5.49. The first kappa shape index (κ1) is 16.0. The summed E-state index contributed by atoms with van der Waals surface area (Å²) in [6.07, 6.45) is -0.125. The van der Waals surface area contributed by atoms with Crippen LogP contribution in [0, 0.1) is 6.92 Å². The van der Waals surface area contributed by atoms with Gasteiger partial charge >= 0.3 is 0 Å². The molecule has 2 heterocycles. The molecule has 0 saturated carbocycles. The summed E-state index contributed by atoms with van der Waals surface area (Å²) in [6, 6.07) is 9.31. The molecule has 1 aliphatic rings. The fourth-order valence-corrected chi connectivity index (χ4v) is 2.84. The maximum absolute atomic E-state index is 12.1. The number of benzene rings is 1. The fourth-order valence-electron chi connectivity index (χ4n) is 2.58. The summed E-state index contributed by atoms with van der Waals surface area (Å²) >= 11 is 6.22. The number of morpholine rings is 1. The Kier molecular flexibility index (Phi) is 4.95. The van der Waals surface area contributed by atoms with Crippen molar-refractivity contribution in [1.82, 2.24) is 10.1 Å². The second kappa shape index (κ2) is 7.12. The minimum absolute atomic E-state index is 0.125. The van der Waals surface area contributed by atoms with Crippen molar-refractivity contribution in [2.45, 2.75) is 13.0 Å². The Hall–Kier alpha value is -1.89. The van der Waals surface area contributed by atoms with E-state index < -0.39 is 0 Å². The number of ether oxygens (including phenoxy) is 1. The van der Waals surface area contributed by atoms with Gasteiger partial charge in [-0.2, -0.15) is 0 Å². The molecule has 1 aromatic heterocycles. The van der Waals surface area contributed by atoms with E-state index >= 15 is 0 Å². The van der Waals surface area contributed by atoms with Crippen LogP contribution < -0.4 is 5.32 Å². The van der Waals surface area contributed by atoms with E-state index in [1.165, 1.54) is 0 Å². The van der Waals surface area contributed by atoms with Gasteiger partial charge in [0.2, 0.25) is 5.91 Å². The highest BCUT2D eigenvalue weighted by molar-refractivity contribution is 6.31. The van der Waals surface area contributed by atoms with Crippen LogP contribution in [0.4, 0.5) is 5.82 Å². The normalized spacial score (nSPS) is 18.8. The van der Waals surface area contributed by atoms with E-state index in [2.05, 4.69) is 10.5 Å². The monoisotopic (exact) mass is 335 g/mol. The number of aromatic nitrogens is 1. The zero-order valence-electron chi connectivity index (χ0n) is 12.8. The first-order chi connectivity index (χ1) is 11.1. The maximum atomic E-state index is 12.1. The van der Waals surface area contributed by atoms with Crippen LogP contribution >= 0.6 is 11.6 Å². The lowest BCUT2D eigenvalue weighted by molar-refractivity contribution is -0.119. The molecule has 122 valence electrons. The fraction of sp³-hybridized carbons (Fsp3) is 0.375. The molecule has 0 bridgehead atoms. The van der Waals surface area contributed by atoms with Crippen LogP contribution in [0.5, 0.6) is 0 Å². The summed E-state index contributed by atoms with van der Waals surface area (Å²) in [5.74, 6) is 0.965. The predicted molar refractivity (Wildman–Crippen MR) is 86.5 cm³/mol. The van der Waals surface area contributed by atoms with Crippen molar-refractivity contribution in [3.05, 3.63) is 46.7 Å². The highest BCUT2D eigenvalue weighted by Crippen LogP contribution is 2.28. The van der Waals surface area contributed by atoms with Crippen molar-refractivity contribution in [3.63, 3.8) is 0 Å². The van der Waals surface area contributed by atoms with Crippen LogP contribution in [-0.4, -0.2) is 42.2 Å². The van der Waals surface area contributed by atoms with Crippen molar-refractivity contribution in [2.24, 2.45) is 0 Å². The van der Waals surface area contributed by atoms with Gasteiger partial charge in [0.25, 0.3) is 0 Å². The van der Waals surface area contributed by atoms with Gasteiger partial charge in [0.05, 0.1) is 19.3 Å². The van der Waals surface area contributed by atoms with Gasteiger partial charge in [0.15, 0.2) is 5.82 Å². The first-order valence-electron chi connectivity index (χ1n) is 7.43. The van der Waals surface area contributed by atoms with Gasteiger partial charge in [0.1, 0.15) is 5.76 Å². The number of carbonyl (C=O) groups excluding carboxylic acids is 1. The third-order valence-corrected chi connectivity index (χ3v) is 4.01. The van der Waals surface area contributed by atoms with Gasteiger partial charge in [-0.05, 0) is 13.0 Å². The number of rotatable bonds is 4. The number of nitrogens with zero attached hydrogens (tertiary/aromatic N) is 2. The number of nitrogens with one attached hydrogen (secondary N) is 1. The summed E-state index contributed by atoms with van der Waals surface area (Å²) in [6.45, 7) is 3.93. The summed E-state index contributed by atoms with van der Waals surface area (Å²) in [5, 5.41) is 7.16. The van der Waals surface area contributed by atoms with Crippen molar-refractivity contribution in [3.8, 4) is 0 Å². The van der Waals surface area contributed by atoms with Crippen LogP contribution in [0.1, 0.15) is 17.4 Å². The zero-order chi connectivity index (χ0) is 16.2. The molecule has 6 nitrogen and oxygen atoms in total. The Morgan fingerprint density at radius 2 is 2.30 bits per heavy atom. The van der Waals surface area contributed by atoms with Gasteiger partial charge < -0.3 is 14.6 Å². The highest BCUT2D eigenvalue weighted by atomic mass is 35.5. The molecule has 23 heavy (non-hydrogen) atoms. The molecule has 1 amide bonds. The molecule has 0 radical (unpaired) electrons. The van der Waals surface area contributed by atoms with E-state index in [1.807, 2.05) is 29.2 Å². The highest BCUT2D eigenvalue weighted by Gasteiger charge is 2.25. The van der Waals surface area contributed by atoms with Gasteiger partial charge in [-0.3, -0.25) is 9.69 Å². The van der Waals surface area contributed by atoms with Crippen LogP contribution in [0.2, 0.25) is 5.02 Å². The third-order valence-electron chi connectivity index (χ3n) is 3.67. The van der Waals surface area contributed by atoms with Crippen molar-refractivity contribution < 1.29 is 14.1 Å². The Labute approximate surface area is 139 Å². The lowest BCUT2D eigenvalue weighted by atomic mass is 10.1. The molecule has 1 aliphatic heterocycles. The van der Waals surface area contributed by atoms with Gasteiger partial charge in [-0.25, -0.2) is 0 Å². The van der Waals surface area contributed by atoms with Crippen LogP contribution in [0.25, 0.3) is 0 Å². The molecule has 1 fully saturated rings. The van der Waals surface area contributed by atoms with Crippen LogP contribution in [-0.2, 0) is 9.53 Å². The van der Waals surface area contributed by atoms with Crippen LogP contribution in [0.3, 0.4) is 0 Å². The van der Waals surface area contributed by atoms with Crippen molar-refractivity contribution in [2.75, 3.05) is 31.6 Å². The van der Waals surface area contributed by atoms with Gasteiger partial charge in [-0.15, -0.1) is 0 Å². The molecule has 0 aliphatic carbocycles. The number of anilines is 1. The molecule has 1 N–H and O–H groups in total. The third kappa shape index (κ3) is 4.10. The molecule has 1 saturated heterocycles. The smallest absolute Gasteiger partial charge is 0.239 e. The van der Waals surface area contributed by atoms with E-state index in [4.69, 9.17) is 20.9 Å². The number of aryl methyl sites for hydroxylation is 1. The molecule has 1 unspecified atom stereocenters. The average molecular weight is 336 g/mol. The Bertz CT molecular complexity index is 689. The number of halogens is 1. The number of hydrogen-bond acceptors (Lipinski definition) is 5. The molecular formula is C16H18ClN3O3. The van der Waals surface area contributed by atoms with Gasteiger partial charge in [0, 0.05) is 29.7 Å². The van der Waals surface area contributed by atoms with Crippen molar-refractivity contribution >= 4 is 23.3 Å². The lowest BCUT2D eigenvalue weighted by Gasteiger charge is -2.32.